The topological polar surface area (TPSA) is 61.4 Å². The van der Waals surface area contributed by atoms with Crippen LogP contribution >= 0.6 is 23.5 Å². The summed E-state index contributed by atoms with van der Waals surface area (Å²) in [5.41, 5.74) is 0. The number of piperidine rings is 1. The molecule has 5 nitrogen and oxygen atoms in total. The van der Waals surface area contributed by atoms with Crippen LogP contribution in [0.5, 0.6) is 0 Å². The maximum absolute atomic E-state index is 12.5. The molecule has 118 valence electrons. The third-order valence-corrected chi connectivity index (χ3v) is 8.17. The van der Waals surface area contributed by atoms with Crippen LogP contribution in [0.4, 0.5) is 0 Å². The van der Waals surface area contributed by atoms with Gasteiger partial charge >= 0.3 is 0 Å². The lowest BCUT2D eigenvalue weighted by atomic mass is 10.1. The lowest BCUT2D eigenvalue weighted by Gasteiger charge is -2.35. The summed E-state index contributed by atoms with van der Waals surface area (Å²) in [7, 11) is -1.46. The molecule has 2 aliphatic rings. The van der Waals surface area contributed by atoms with Gasteiger partial charge in [-0.15, -0.1) is 0 Å². The van der Waals surface area contributed by atoms with E-state index in [4.69, 9.17) is 0 Å². The van der Waals surface area contributed by atoms with Gasteiger partial charge in [0.15, 0.2) is 0 Å². The largest absolute Gasteiger partial charge is 0.318 e. The van der Waals surface area contributed by atoms with Gasteiger partial charge in [-0.2, -0.15) is 36.2 Å². The van der Waals surface area contributed by atoms with Crippen molar-refractivity contribution in [3.63, 3.8) is 0 Å². The van der Waals surface area contributed by atoms with Crippen LogP contribution in [0, 0.1) is 0 Å². The van der Waals surface area contributed by atoms with E-state index in [1.54, 1.807) is 4.31 Å². The molecular formula is C12H25N3O2S3. The minimum Gasteiger partial charge on any atom is -0.318 e. The van der Waals surface area contributed by atoms with Crippen LogP contribution in [0.25, 0.3) is 0 Å². The van der Waals surface area contributed by atoms with Crippen LogP contribution in [0.1, 0.15) is 19.3 Å². The van der Waals surface area contributed by atoms with Crippen molar-refractivity contribution in [1.29, 1.82) is 0 Å². The van der Waals surface area contributed by atoms with Crippen molar-refractivity contribution in [3.8, 4) is 0 Å². The maximum Gasteiger partial charge on any atom is 0.279 e. The lowest BCUT2D eigenvalue weighted by Crippen LogP contribution is -2.53. The maximum atomic E-state index is 12.5. The smallest absolute Gasteiger partial charge is 0.279 e. The molecule has 8 heteroatoms. The van der Waals surface area contributed by atoms with Gasteiger partial charge in [-0.3, -0.25) is 0 Å². The Morgan fingerprint density at radius 2 is 2.10 bits per heavy atom. The second-order valence-electron chi connectivity index (χ2n) is 5.24. The normalized spacial score (nSPS) is 29.4. The van der Waals surface area contributed by atoms with Crippen molar-refractivity contribution < 1.29 is 8.42 Å². The van der Waals surface area contributed by atoms with Gasteiger partial charge in [0.2, 0.25) is 0 Å². The van der Waals surface area contributed by atoms with Crippen LogP contribution in [-0.2, 0) is 10.2 Å². The van der Waals surface area contributed by atoms with Crippen LogP contribution in [-0.4, -0.2) is 68.0 Å². The number of nitrogens with zero attached hydrogens (tertiary/aromatic N) is 1. The van der Waals surface area contributed by atoms with Crippen molar-refractivity contribution in [1.82, 2.24) is 14.3 Å². The van der Waals surface area contributed by atoms with Crippen molar-refractivity contribution in [3.05, 3.63) is 0 Å². The molecule has 0 spiro atoms. The quantitative estimate of drug-likeness (QED) is 0.747. The molecule has 2 N–H and O–H groups in total. The highest BCUT2D eigenvalue weighted by Gasteiger charge is 2.32. The summed E-state index contributed by atoms with van der Waals surface area (Å²) in [6.45, 7) is 1.94. The summed E-state index contributed by atoms with van der Waals surface area (Å²) in [4.78, 5) is 0. The summed E-state index contributed by atoms with van der Waals surface area (Å²) in [5, 5.41) is 3.52. The van der Waals surface area contributed by atoms with Crippen molar-refractivity contribution in [2.75, 3.05) is 43.9 Å². The fourth-order valence-corrected chi connectivity index (χ4v) is 6.90. The summed E-state index contributed by atoms with van der Waals surface area (Å²) in [5.74, 6) is 3.36. The van der Waals surface area contributed by atoms with Gasteiger partial charge in [0, 0.05) is 48.2 Å². The first-order valence-electron chi connectivity index (χ1n) is 7.24. The fraction of sp³-hybridized carbons (Fsp3) is 1.00. The molecule has 0 radical (unpaired) electrons. The lowest BCUT2D eigenvalue weighted by molar-refractivity contribution is 0.246. The molecule has 0 saturated carbocycles. The van der Waals surface area contributed by atoms with Crippen molar-refractivity contribution >= 4 is 33.7 Å². The van der Waals surface area contributed by atoms with E-state index >= 15 is 0 Å². The Hall–Kier alpha value is 0.530. The Labute approximate surface area is 131 Å². The number of rotatable bonds is 6. The average Bonchev–Trinajstić information content (AvgIpc) is 2.47. The molecule has 2 rings (SSSR count). The Morgan fingerprint density at radius 1 is 1.25 bits per heavy atom. The van der Waals surface area contributed by atoms with Gasteiger partial charge in [0.1, 0.15) is 0 Å². The number of thioether (sulfide) groups is 2. The average molecular weight is 340 g/mol. The first kappa shape index (κ1) is 16.9. The van der Waals surface area contributed by atoms with Gasteiger partial charge in [-0.25, -0.2) is 4.72 Å². The first-order valence-corrected chi connectivity index (χ1v) is 10.9. The molecular weight excluding hydrogens is 314 g/mol. The van der Waals surface area contributed by atoms with E-state index in [2.05, 4.69) is 10.0 Å². The molecule has 0 amide bonds. The van der Waals surface area contributed by atoms with E-state index in [9.17, 15) is 8.42 Å². The summed E-state index contributed by atoms with van der Waals surface area (Å²) in [6, 6.07) is 0.0969. The number of hydrogen-bond acceptors (Lipinski definition) is 5. The molecule has 20 heavy (non-hydrogen) atoms. The Morgan fingerprint density at radius 3 is 2.80 bits per heavy atom. The van der Waals surface area contributed by atoms with E-state index in [0.717, 1.165) is 37.3 Å². The minimum atomic E-state index is -3.33. The van der Waals surface area contributed by atoms with Gasteiger partial charge in [0.05, 0.1) is 0 Å². The molecule has 2 saturated heterocycles. The molecule has 2 aliphatic heterocycles. The standard InChI is InChI=1S/C12H25N3O2S3/c1-13-8-11-4-2-3-5-15(11)20(16,17)14-9-12-10-18-6-7-19-12/h11-14H,2-10H2,1H3. The highest BCUT2D eigenvalue weighted by atomic mass is 32.2. The minimum absolute atomic E-state index is 0.0969. The van der Waals surface area contributed by atoms with Crippen LogP contribution in [0.15, 0.2) is 0 Å². The second kappa shape index (κ2) is 8.24. The van der Waals surface area contributed by atoms with Crippen LogP contribution in [0.3, 0.4) is 0 Å². The number of likely N-dealkylation sites (N-methyl/N-ethyl adjacent to an activating group) is 1. The summed E-state index contributed by atoms with van der Waals surface area (Å²) < 4.78 is 29.5. The SMILES string of the molecule is CNCC1CCCCN1S(=O)(=O)NCC1CSCCS1. The van der Waals surface area contributed by atoms with Crippen LogP contribution in [0.2, 0.25) is 0 Å². The molecule has 0 aromatic rings. The number of nitrogens with one attached hydrogen (secondary N) is 2. The molecule has 2 atom stereocenters. The third-order valence-electron chi connectivity index (χ3n) is 3.70. The van der Waals surface area contributed by atoms with E-state index in [0.29, 0.717) is 18.3 Å². The summed E-state index contributed by atoms with van der Waals surface area (Å²) >= 11 is 3.80. The van der Waals surface area contributed by atoms with E-state index < -0.39 is 10.2 Å². The zero-order chi connectivity index (χ0) is 14.4. The Bertz CT molecular complexity index is 383. The van der Waals surface area contributed by atoms with Gasteiger partial charge in [0.25, 0.3) is 10.2 Å². The fourth-order valence-electron chi connectivity index (χ4n) is 2.67. The zero-order valence-corrected chi connectivity index (χ0v) is 14.5. The van der Waals surface area contributed by atoms with Crippen LogP contribution < -0.4 is 10.0 Å². The predicted octanol–water partition coefficient (Wildman–Crippen LogP) is 0.743. The molecule has 2 unspecified atom stereocenters. The van der Waals surface area contributed by atoms with E-state index in [1.807, 2.05) is 30.6 Å². The van der Waals surface area contributed by atoms with Crippen molar-refractivity contribution in [2.24, 2.45) is 0 Å². The number of hydrogen-bond donors (Lipinski definition) is 2. The summed E-state index contributed by atoms with van der Waals surface area (Å²) in [6.07, 6.45) is 3.04. The monoisotopic (exact) mass is 339 g/mol. The van der Waals surface area contributed by atoms with Gasteiger partial charge < -0.3 is 5.32 Å². The van der Waals surface area contributed by atoms with E-state index in [-0.39, 0.29) is 6.04 Å². The molecule has 0 aliphatic carbocycles. The molecule has 2 fully saturated rings. The van der Waals surface area contributed by atoms with E-state index in [1.165, 1.54) is 5.75 Å². The first-order chi connectivity index (χ1) is 9.63. The highest BCUT2D eigenvalue weighted by molar-refractivity contribution is 8.06. The zero-order valence-electron chi connectivity index (χ0n) is 12.0. The Kier molecular flexibility index (Phi) is 6.96. The third kappa shape index (κ3) is 4.78. The molecule has 2 heterocycles. The molecule has 0 aromatic carbocycles. The van der Waals surface area contributed by atoms with Gasteiger partial charge in [-0.1, -0.05) is 6.42 Å². The molecule has 0 aromatic heterocycles. The highest BCUT2D eigenvalue weighted by Crippen LogP contribution is 2.24. The Balaban J connectivity index is 1.89. The predicted molar refractivity (Wildman–Crippen MR) is 88.8 cm³/mol. The molecule has 0 bridgehead atoms. The second-order valence-corrected chi connectivity index (χ2v) is 9.51. The van der Waals surface area contributed by atoms with Gasteiger partial charge in [-0.05, 0) is 19.9 Å². The van der Waals surface area contributed by atoms with Crippen molar-refractivity contribution in [2.45, 2.75) is 30.6 Å².